The molecule has 0 aliphatic heterocycles. The summed E-state index contributed by atoms with van der Waals surface area (Å²) in [6.45, 7) is 2.23. The van der Waals surface area contributed by atoms with Crippen LogP contribution in [-0.4, -0.2) is 20.6 Å². The third-order valence-corrected chi connectivity index (χ3v) is 2.03. The molecule has 0 saturated heterocycles. The molecular weight excluding hydrogens is 196 g/mol. The molecule has 0 fully saturated rings. The molecule has 2 heterocycles. The quantitative estimate of drug-likeness (QED) is 0.826. The van der Waals surface area contributed by atoms with Crippen LogP contribution in [0.25, 0.3) is 0 Å². The molecule has 0 aliphatic carbocycles. The van der Waals surface area contributed by atoms with Gasteiger partial charge in [0.2, 0.25) is 5.82 Å². The molecule has 0 spiro atoms. The van der Waals surface area contributed by atoms with Crippen LogP contribution < -0.4 is 0 Å². The van der Waals surface area contributed by atoms with Gasteiger partial charge in [0, 0.05) is 12.4 Å². The van der Waals surface area contributed by atoms with Gasteiger partial charge in [-0.2, -0.15) is 0 Å². The van der Waals surface area contributed by atoms with Crippen molar-refractivity contribution in [3.8, 4) is 0 Å². The van der Waals surface area contributed by atoms with Crippen molar-refractivity contribution in [3.63, 3.8) is 0 Å². The second-order valence-corrected chi connectivity index (χ2v) is 3.20. The fourth-order valence-corrected chi connectivity index (χ4v) is 1.37. The van der Waals surface area contributed by atoms with E-state index in [2.05, 4.69) is 4.98 Å². The molecule has 0 bridgehead atoms. The van der Waals surface area contributed by atoms with Crippen molar-refractivity contribution in [3.05, 3.63) is 41.9 Å². The smallest absolute Gasteiger partial charge is 0.372 e. The Labute approximate surface area is 86.0 Å². The maximum absolute atomic E-state index is 10.8. The number of hydrogen-bond acceptors (Lipinski definition) is 3. The Morgan fingerprint density at radius 2 is 2.40 bits per heavy atom. The number of aromatic carboxylic acids is 1. The minimum absolute atomic E-state index is 0.0176. The minimum Gasteiger partial charge on any atom is -0.475 e. The zero-order chi connectivity index (χ0) is 10.8. The van der Waals surface area contributed by atoms with Crippen LogP contribution in [0.2, 0.25) is 0 Å². The molecule has 2 aromatic rings. The van der Waals surface area contributed by atoms with E-state index in [1.807, 2.05) is 19.1 Å². The molecule has 15 heavy (non-hydrogen) atoms. The highest BCUT2D eigenvalue weighted by atomic mass is 16.4. The van der Waals surface area contributed by atoms with Gasteiger partial charge in [-0.05, 0) is 19.1 Å². The number of aryl methyl sites for hydroxylation is 1. The Morgan fingerprint density at radius 3 is 3.00 bits per heavy atom. The van der Waals surface area contributed by atoms with Crippen LogP contribution in [0.3, 0.4) is 0 Å². The SMILES string of the molecule is Cc1ccc(Cn2ccnc2C(=O)O)o1. The van der Waals surface area contributed by atoms with Crippen molar-refractivity contribution < 1.29 is 14.3 Å². The molecule has 0 amide bonds. The monoisotopic (exact) mass is 206 g/mol. The molecule has 78 valence electrons. The Morgan fingerprint density at radius 1 is 1.60 bits per heavy atom. The second kappa shape index (κ2) is 3.61. The van der Waals surface area contributed by atoms with Gasteiger partial charge in [0.25, 0.3) is 0 Å². The number of furan rings is 1. The average Bonchev–Trinajstić information content (AvgIpc) is 2.75. The summed E-state index contributed by atoms with van der Waals surface area (Å²) in [7, 11) is 0. The lowest BCUT2D eigenvalue weighted by Crippen LogP contribution is -2.09. The predicted octanol–water partition coefficient (Wildman–Crippen LogP) is 1.53. The first-order valence-corrected chi connectivity index (χ1v) is 4.46. The van der Waals surface area contributed by atoms with Gasteiger partial charge >= 0.3 is 5.97 Å². The summed E-state index contributed by atoms with van der Waals surface area (Å²) < 4.78 is 6.88. The Kier molecular flexibility index (Phi) is 2.29. The summed E-state index contributed by atoms with van der Waals surface area (Å²) in [5.41, 5.74) is 0. The van der Waals surface area contributed by atoms with Gasteiger partial charge in [0.05, 0.1) is 6.54 Å². The average molecular weight is 206 g/mol. The van der Waals surface area contributed by atoms with Gasteiger partial charge in [-0.1, -0.05) is 0 Å². The van der Waals surface area contributed by atoms with Crippen LogP contribution in [-0.2, 0) is 6.54 Å². The van der Waals surface area contributed by atoms with E-state index >= 15 is 0 Å². The van der Waals surface area contributed by atoms with Crippen molar-refractivity contribution in [2.24, 2.45) is 0 Å². The van der Waals surface area contributed by atoms with Crippen molar-refractivity contribution in [2.45, 2.75) is 13.5 Å². The van der Waals surface area contributed by atoms with E-state index in [1.165, 1.54) is 10.8 Å². The molecule has 0 aliphatic rings. The van der Waals surface area contributed by atoms with Crippen molar-refractivity contribution >= 4 is 5.97 Å². The lowest BCUT2D eigenvalue weighted by Gasteiger charge is -2.01. The molecule has 5 nitrogen and oxygen atoms in total. The highest BCUT2D eigenvalue weighted by molar-refractivity contribution is 5.83. The van der Waals surface area contributed by atoms with Crippen LogP contribution in [0.5, 0.6) is 0 Å². The van der Waals surface area contributed by atoms with Crippen molar-refractivity contribution in [1.82, 2.24) is 9.55 Å². The van der Waals surface area contributed by atoms with Crippen LogP contribution in [0.1, 0.15) is 22.1 Å². The third-order valence-electron chi connectivity index (χ3n) is 2.03. The number of carboxylic acid groups (broad SMARTS) is 1. The summed E-state index contributed by atoms with van der Waals surface area (Å²) in [6, 6.07) is 3.66. The van der Waals surface area contributed by atoms with E-state index in [1.54, 1.807) is 6.20 Å². The molecule has 2 aromatic heterocycles. The first-order chi connectivity index (χ1) is 7.16. The van der Waals surface area contributed by atoms with E-state index in [0.717, 1.165) is 5.76 Å². The molecule has 0 atom stereocenters. The van der Waals surface area contributed by atoms with Gasteiger partial charge in [0.15, 0.2) is 0 Å². The number of carbonyl (C=O) groups is 1. The van der Waals surface area contributed by atoms with E-state index in [4.69, 9.17) is 9.52 Å². The van der Waals surface area contributed by atoms with E-state index in [9.17, 15) is 4.79 Å². The third kappa shape index (κ3) is 1.90. The molecule has 0 saturated carbocycles. The summed E-state index contributed by atoms with van der Waals surface area (Å²) in [6.07, 6.45) is 3.07. The number of rotatable bonds is 3. The zero-order valence-corrected chi connectivity index (χ0v) is 8.17. The van der Waals surface area contributed by atoms with Gasteiger partial charge in [-0.3, -0.25) is 0 Å². The molecule has 2 rings (SSSR count). The number of nitrogens with zero attached hydrogens (tertiary/aromatic N) is 2. The maximum atomic E-state index is 10.8. The highest BCUT2D eigenvalue weighted by Gasteiger charge is 2.11. The number of carboxylic acids is 1. The minimum atomic E-state index is -1.04. The highest BCUT2D eigenvalue weighted by Crippen LogP contribution is 2.09. The van der Waals surface area contributed by atoms with Gasteiger partial charge < -0.3 is 14.1 Å². The van der Waals surface area contributed by atoms with Crippen LogP contribution in [0.4, 0.5) is 0 Å². The molecule has 5 heteroatoms. The lowest BCUT2D eigenvalue weighted by atomic mass is 10.4. The molecule has 0 aromatic carbocycles. The number of imidazole rings is 1. The molecule has 0 unspecified atom stereocenters. The van der Waals surface area contributed by atoms with Crippen LogP contribution >= 0.6 is 0 Å². The van der Waals surface area contributed by atoms with Gasteiger partial charge in [-0.25, -0.2) is 9.78 Å². The summed E-state index contributed by atoms with van der Waals surface area (Å²) in [4.78, 5) is 14.5. The van der Waals surface area contributed by atoms with Gasteiger partial charge in [-0.15, -0.1) is 0 Å². The number of aromatic nitrogens is 2. The lowest BCUT2D eigenvalue weighted by molar-refractivity contribution is 0.0678. The fraction of sp³-hybridized carbons (Fsp3) is 0.200. The van der Waals surface area contributed by atoms with E-state index in [0.29, 0.717) is 12.3 Å². The summed E-state index contributed by atoms with van der Waals surface area (Å²) in [5.74, 6) is 0.502. The van der Waals surface area contributed by atoms with E-state index < -0.39 is 5.97 Å². The normalized spacial score (nSPS) is 10.5. The van der Waals surface area contributed by atoms with Crippen molar-refractivity contribution in [1.29, 1.82) is 0 Å². The first-order valence-electron chi connectivity index (χ1n) is 4.46. The molecule has 1 N–H and O–H groups in total. The van der Waals surface area contributed by atoms with Gasteiger partial charge in [0.1, 0.15) is 11.5 Å². The maximum Gasteiger partial charge on any atom is 0.372 e. The topological polar surface area (TPSA) is 68.3 Å². The van der Waals surface area contributed by atoms with Crippen molar-refractivity contribution in [2.75, 3.05) is 0 Å². The molecule has 0 radical (unpaired) electrons. The fourth-order valence-electron chi connectivity index (χ4n) is 1.37. The Balaban J connectivity index is 2.24. The van der Waals surface area contributed by atoms with Crippen LogP contribution in [0.15, 0.2) is 28.9 Å². The predicted molar refractivity (Wildman–Crippen MR) is 51.7 cm³/mol. The molecular formula is C10H10N2O3. The summed E-state index contributed by atoms with van der Waals surface area (Å²) in [5, 5.41) is 8.82. The largest absolute Gasteiger partial charge is 0.475 e. The Hall–Kier alpha value is -2.04. The van der Waals surface area contributed by atoms with E-state index in [-0.39, 0.29) is 5.82 Å². The summed E-state index contributed by atoms with van der Waals surface area (Å²) >= 11 is 0. The first kappa shape index (κ1) is 9.51. The standard InChI is InChI=1S/C10H10N2O3/c1-7-2-3-8(15-7)6-12-5-4-11-9(12)10(13)14/h2-5H,6H2,1H3,(H,13,14). The Bertz CT molecular complexity index is 484. The zero-order valence-electron chi connectivity index (χ0n) is 8.17. The van der Waals surface area contributed by atoms with Crippen LogP contribution in [0, 0.1) is 6.92 Å². The number of hydrogen-bond donors (Lipinski definition) is 1. The second-order valence-electron chi connectivity index (χ2n) is 3.20.